The number of hydrogen-bond donors (Lipinski definition) is 3. The summed E-state index contributed by atoms with van der Waals surface area (Å²) < 4.78 is 4.86. The summed E-state index contributed by atoms with van der Waals surface area (Å²) in [5.41, 5.74) is 5.64. The van der Waals surface area contributed by atoms with Crippen molar-refractivity contribution >= 4 is 59.0 Å². The molecule has 1 rings (SSSR count). The minimum absolute atomic E-state index is 0. The number of pyridine rings is 1. The van der Waals surface area contributed by atoms with E-state index in [9.17, 15) is 0 Å². The van der Waals surface area contributed by atoms with E-state index in [-0.39, 0.29) is 24.0 Å². The van der Waals surface area contributed by atoms with Gasteiger partial charge in [0.05, 0.1) is 23.2 Å². The van der Waals surface area contributed by atoms with Crippen LogP contribution in [0, 0.1) is 0 Å². The minimum atomic E-state index is 0. The Labute approximate surface area is 145 Å². The predicted octanol–water partition coefficient (Wildman–Crippen LogP) is 1.97. The average Bonchev–Trinajstić information content (AvgIpc) is 2.37. The van der Waals surface area contributed by atoms with Crippen molar-refractivity contribution in [3.05, 3.63) is 22.3 Å². The molecule has 0 bridgehead atoms. The quantitative estimate of drug-likeness (QED) is 0.265. The maximum atomic E-state index is 5.96. The Hall–Kier alpha value is -0.510. The second-order valence-corrected chi connectivity index (χ2v) is 4.44. The third-order valence-electron chi connectivity index (χ3n) is 2.11. The van der Waals surface area contributed by atoms with E-state index in [1.807, 2.05) is 0 Å². The summed E-state index contributed by atoms with van der Waals surface area (Å²) in [5.74, 6) is 0.969. The van der Waals surface area contributed by atoms with Crippen molar-refractivity contribution in [3.8, 4) is 0 Å². The number of nitrogens with zero attached hydrogens (tertiary/aromatic N) is 2. The highest BCUT2D eigenvalue weighted by atomic mass is 127. The van der Waals surface area contributed by atoms with Crippen LogP contribution in [0.1, 0.15) is 0 Å². The number of rotatable bonds is 7. The van der Waals surface area contributed by atoms with Gasteiger partial charge in [0.15, 0.2) is 5.96 Å². The normalized spacial score (nSPS) is 10.8. The van der Waals surface area contributed by atoms with Gasteiger partial charge in [0, 0.05) is 26.4 Å². The van der Waals surface area contributed by atoms with Crippen LogP contribution in [0.4, 0.5) is 5.82 Å². The summed E-state index contributed by atoms with van der Waals surface area (Å²) in [6.07, 6.45) is 1.53. The first-order valence-electron chi connectivity index (χ1n) is 5.71. The lowest BCUT2D eigenvalue weighted by Crippen LogP contribution is -2.35. The number of methoxy groups -OCH3 is 1. The second kappa shape index (κ2) is 11.2. The standard InChI is InChI=1S/C11H17Cl2N5O.HI/c1-19-5-4-17-11(14)16-3-2-15-10-9(13)6-8(12)7-18-10;/h6-7H,2-5H2,1H3,(H,15,18)(H3,14,16,17);1H. The summed E-state index contributed by atoms with van der Waals surface area (Å²) >= 11 is 11.7. The van der Waals surface area contributed by atoms with Gasteiger partial charge in [-0.25, -0.2) is 4.98 Å². The fourth-order valence-electron chi connectivity index (χ4n) is 1.23. The van der Waals surface area contributed by atoms with Gasteiger partial charge in [0.1, 0.15) is 5.82 Å². The molecular formula is C11H18Cl2IN5O. The molecule has 0 aliphatic heterocycles. The van der Waals surface area contributed by atoms with Crippen molar-refractivity contribution < 1.29 is 4.74 Å². The molecule has 0 fully saturated rings. The molecule has 0 atom stereocenters. The second-order valence-electron chi connectivity index (χ2n) is 3.60. The Morgan fingerprint density at radius 2 is 2.20 bits per heavy atom. The van der Waals surface area contributed by atoms with Crippen molar-refractivity contribution in [2.75, 3.05) is 38.7 Å². The van der Waals surface area contributed by atoms with Crippen LogP contribution in [0.3, 0.4) is 0 Å². The highest BCUT2D eigenvalue weighted by Gasteiger charge is 2.01. The number of ether oxygens (including phenoxy) is 1. The largest absolute Gasteiger partial charge is 0.383 e. The number of nitrogens with one attached hydrogen (secondary N) is 2. The van der Waals surface area contributed by atoms with Crippen LogP contribution in [0.5, 0.6) is 0 Å². The highest BCUT2D eigenvalue weighted by molar-refractivity contribution is 14.0. The van der Waals surface area contributed by atoms with Gasteiger partial charge < -0.3 is 21.1 Å². The molecule has 1 heterocycles. The lowest BCUT2D eigenvalue weighted by atomic mass is 10.4. The van der Waals surface area contributed by atoms with Gasteiger partial charge in [-0.1, -0.05) is 23.2 Å². The van der Waals surface area contributed by atoms with E-state index < -0.39 is 0 Å². The van der Waals surface area contributed by atoms with Gasteiger partial charge in [-0.2, -0.15) is 0 Å². The minimum Gasteiger partial charge on any atom is -0.383 e. The SMILES string of the molecule is COCCN=C(N)NCCNc1ncc(Cl)cc1Cl.I. The average molecular weight is 434 g/mol. The van der Waals surface area contributed by atoms with Crippen LogP contribution in [-0.4, -0.2) is 44.3 Å². The number of nitrogens with two attached hydrogens (primary N) is 1. The molecule has 1 aromatic heterocycles. The number of aromatic nitrogens is 1. The number of hydrogen-bond acceptors (Lipinski definition) is 4. The molecule has 9 heteroatoms. The van der Waals surface area contributed by atoms with Crippen molar-refractivity contribution in [1.82, 2.24) is 10.3 Å². The third-order valence-corrected chi connectivity index (χ3v) is 2.60. The van der Waals surface area contributed by atoms with Gasteiger partial charge in [0.25, 0.3) is 0 Å². The molecule has 6 nitrogen and oxygen atoms in total. The van der Waals surface area contributed by atoms with E-state index >= 15 is 0 Å². The fraction of sp³-hybridized carbons (Fsp3) is 0.455. The molecule has 4 N–H and O–H groups in total. The zero-order valence-corrected chi connectivity index (χ0v) is 14.9. The van der Waals surface area contributed by atoms with Crippen LogP contribution < -0.4 is 16.4 Å². The van der Waals surface area contributed by atoms with Gasteiger partial charge in [-0.15, -0.1) is 24.0 Å². The summed E-state index contributed by atoms with van der Waals surface area (Å²) in [6.45, 7) is 2.29. The van der Waals surface area contributed by atoms with Gasteiger partial charge in [-0.3, -0.25) is 4.99 Å². The Balaban J connectivity index is 0.00000361. The van der Waals surface area contributed by atoms with Crippen molar-refractivity contribution in [1.29, 1.82) is 0 Å². The first-order valence-corrected chi connectivity index (χ1v) is 6.46. The molecule has 0 spiro atoms. The first kappa shape index (κ1) is 19.5. The van der Waals surface area contributed by atoms with E-state index in [0.717, 1.165) is 0 Å². The Bertz CT molecular complexity index is 433. The Morgan fingerprint density at radius 3 is 2.85 bits per heavy atom. The van der Waals surface area contributed by atoms with Crippen molar-refractivity contribution in [2.24, 2.45) is 10.7 Å². The van der Waals surface area contributed by atoms with E-state index in [1.54, 1.807) is 13.2 Å². The molecule has 0 aromatic carbocycles. The van der Waals surface area contributed by atoms with Crippen molar-refractivity contribution in [3.63, 3.8) is 0 Å². The molecule has 114 valence electrons. The molecule has 1 aromatic rings. The molecule has 0 aliphatic carbocycles. The zero-order chi connectivity index (χ0) is 14.1. The van der Waals surface area contributed by atoms with Gasteiger partial charge in [0.2, 0.25) is 0 Å². The van der Waals surface area contributed by atoms with E-state index in [2.05, 4.69) is 20.6 Å². The molecule has 0 saturated heterocycles. The monoisotopic (exact) mass is 433 g/mol. The Morgan fingerprint density at radius 1 is 1.45 bits per heavy atom. The van der Waals surface area contributed by atoms with Crippen LogP contribution in [0.25, 0.3) is 0 Å². The fourth-order valence-corrected chi connectivity index (χ4v) is 1.68. The van der Waals surface area contributed by atoms with Crippen LogP contribution >= 0.6 is 47.2 Å². The summed E-state index contributed by atoms with van der Waals surface area (Å²) in [7, 11) is 1.62. The molecule has 0 unspecified atom stereocenters. The number of aliphatic imine (C=N–C) groups is 1. The topological polar surface area (TPSA) is 84.6 Å². The van der Waals surface area contributed by atoms with Gasteiger partial charge >= 0.3 is 0 Å². The lowest BCUT2D eigenvalue weighted by molar-refractivity contribution is 0.208. The van der Waals surface area contributed by atoms with E-state index in [4.69, 9.17) is 33.7 Å². The molecule has 0 amide bonds. The third kappa shape index (κ3) is 7.93. The predicted molar refractivity (Wildman–Crippen MR) is 94.5 cm³/mol. The van der Waals surface area contributed by atoms with Crippen LogP contribution in [0.15, 0.2) is 17.3 Å². The molecular weight excluding hydrogens is 416 g/mol. The van der Waals surface area contributed by atoms with Crippen LogP contribution in [-0.2, 0) is 4.74 Å². The van der Waals surface area contributed by atoms with Gasteiger partial charge in [-0.05, 0) is 6.07 Å². The molecule has 0 saturated carbocycles. The van der Waals surface area contributed by atoms with Crippen LogP contribution in [0.2, 0.25) is 10.0 Å². The molecule has 0 radical (unpaired) electrons. The highest BCUT2D eigenvalue weighted by Crippen LogP contribution is 2.21. The molecule has 0 aliphatic rings. The number of anilines is 1. The lowest BCUT2D eigenvalue weighted by Gasteiger charge is -2.09. The zero-order valence-electron chi connectivity index (χ0n) is 11.0. The van der Waals surface area contributed by atoms with Crippen molar-refractivity contribution in [2.45, 2.75) is 0 Å². The number of halogens is 3. The number of guanidine groups is 1. The maximum Gasteiger partial charge on any atom is 0.188 e. The van der Waals surface area contributed by atoms with E-state index in [1.165, 1.54) is 6.20 Å². The molecule has 20 heavy (non-hydrogen) atoms. The summed E-state index contributed by atoms with van der Waals surface area (Å²) in [6, 6.07) is 1.63. The first-order chi connectivity index (χ1) is 9.13. The summed E-state index contributed by atoms with van der Waals surface area (Å²) in [5, 5.41) is 7.00. The maximum absolute atomic E-state index is 5.96. The van der Waals surface area contributed by atoms with E-state index in [0.29, 0.717) is 48.1 Å². The Kier molecular flexibility index (Phi) is 10.9. The summed E-state index contributed by atoms with van der Waals surface area (Å²) in [4.78, 5) is 8.13. The smallest absolute Gasteiger partial charge is 0.188 e.